The number of carbonyl (C=O) groups is 1. The number of amides is 1. The minimum absolute atomic E-state index is 0. The number of ether oxygens (including phenoxy) is 1. The van der Waals surface area contributed by atoms with Gasteiger partial charge in [0.15, 0.2) is 0 Å². The van der Waals surface area contributed by atoms with E-state index in [0.29, 0.717) is 6.54 Å². The second kappa shape index (κ2) is 6.27. The highest BCUT2D eigenvalue weighted by Gasteiger charge is 2.26. The van der Waals surface area contributed by atoms with Crippen LogP contribution in [0.2, 0.25) is 0 Å². The Hall–Kier alpha value is -0.520. The number of hydrogen-bond donors (Lipinski definition) is 3. The van der Waals surface area contributed by atoms with Crippen molar-refractivity contribution >= 4 is 18.5 Å². The standard InChI is InChI=1S/C10H20N2O3.ClH/c1-10(2,3)15-9(14)12-7-4-5-11-6-8(7)13;/h7-8,11,13H,4-6H2,1-3H3,(H,12,14);1H/t7-,8+;/m0./s1. The number of β-amino-alcohol motifs (C(OH)–C–C–N with tert-alkyl or cyclic N) is 1. The summed E-state index contributed by atoms with van der Waals surface area (Å²) in [6.45, 7) is 6.75. The lowest BCUT2D eigenvalue weighted by molar-refractivity contribution is 0.0386. The largest absolute Gasteiger partial charge is 0.444 e. The molecule has 1 rings (SSSR count). The van der Waals surface area contributed by atoms with Crippen molar-refractivity contribution in [1.29, 1.82) is 0 Å². The molecule has 0 radical (unpaired) electrons. The summed E-state index contributed by atoms with van der Waals surface area (Å²) in [7, 11) is 0. The van der Waals surface area contributed by atoms with Gasteiger partial charge in [0, 0.05) is 6.54 Å². The molecule has 1 amide bonds. The number of aliphatic hydroxyl groups excluding tert-OH is 1. The molecule has 0 spiro atoms. The van der Waals surface area contributed by atoms with E-state index >= 15 is 0 Å². The first-order chi connectivity index (χ1) is 6.88. The molecule has 0 aliphatic carbocycles. The van der Waals surface area contributed by atoms with Crippen LogP contribution >= 0.6 is 12.4 Å². The third-order valence-electron chi connectivity index (χ3n) is 2.15. The van der Waals surface area contributed by atoms with E-state index in [1.807, 2.05) is 20.8 Å². The Kier molecular flexibility index (Phi) is 6.07. The summed E-state index contributed by atoms with van der Waals surface area (Å²) in [5, 5.41) is 15.3. The normalized spacial score (nSPS) is 25.5. The van der Waals surface area contributed by atoms with E-state index in [1.54, 1.807) is 0 Å². The summed E-state index contributed by atoms with van der Waals surface area (Å²) in [6.07, 6.45) is -0.278. The number of hydrogen-bond acceptors (Lipinski definition) is 4. The Morgan fingerprint density at radius 2 is 2.12 bits per heavy atom. The molecule has 6 heteroatoms. The number of aliphatic hydroxyl groups is 1. The highest BCUT2D eigenvalue weighted by molar-refractivity contribution is 5.85. The van der Waals surface area contributed by atoms with E-state index in [2.05, 4.69) is 10.6 Å². The third-order valence-corrected chi connectivity index (χ3v) is 2.15. The molecular formula is C10H21ClN2O3. The molecule has 0 aromatic carbocycles. The van der Waals surface area contributed by atoms with Crippen LogP contribution in [0.25, 0.3) is 0 Å². The third kappa shape index (κ3) is 5.53. The number of halogens is 1. The van der Waals surface area contributed by atoms with Gasteiger partial charge in [-0.25, -0.2) is 4.79 Å². The first kappa shape index (κ1) is 15.5. The Balaban J connectivity index is 0.00000225. The second-order valence-electron chi connectivity index (χ2n) is 4.81. The molecule has 1 saturated heterocycles. The van der Waals surface area contributed by atoms with Gasteiger partial charge in [-0.3, -0.25) is 0 Å². The van der Waals surface area contributed by atoms with Gasteiger partial charge in [-0.1, -0.05) is 0 Å². The van der Waals surface area contributed by atoms with Gasteiger partial charge < -0.3 is 20.5 Å². The quantitative estimate of drug-likeness (QED) is 0.641. The van der Waals surface area contributed by atoms with Crippen LogP contribution in [-0.4, -0.2) is 42.0 Å². The molecule has 1 fully saturated rings. The van der Waals surface area contributed by atoms with Gasteiger partial charge in [-0.2, -0.15) is 0 Å². The maximum absolute atomic E-state index is 11.4. The van der Waals surface area contributed by atoms with E-state index in [0.717, 1.165) is 13.0 Å². The average molecular weight is 253 g/mol. The highest BCUT2D eigenvalue weighted by atomic mass is 35.5. The number of nitrogens with one attached hydrogen (secondary N) is 2. The average Bonchev–Trinajstić information content (AvgIpc) is 2.05. The van der Waals surface area contributed by atoms with E-state index in [1.165, 1.54) is 0 Å². The van der Waals surface area contributed by atoms with Gasteiger partial charge in [0.1, 0.15) is 5.60 Å². The zero-order valence-electron chi connectivity index (χ0n) is 9.95. The van der Waals surface area contributed by atoms with Crippen molar-refractivity contribution in [1.82, 2.24) is 10.6 Å². The molecule has 1 aliphatic heterocycles. The van der Waals surface area contributed by atoms with Crippen LogP contribution in [0.3, 0.4) is 0 Å². The molecule has 0 aromatic rings. The molecule has 0 bridgehead atoms. The predicted molar refractivity (Wildman–Crippen MR) is 63.9 cm³/mol. The summed E-state index contributed by atoms with van der Waals surface area (Å²) < 4.78 is 5.11. The number of carbonyl (C=O) groups excluding carboxylic acids is 1. The predicted octanol–water partition coefficient (Wildman–Crippen LogP) is 0.656. The van der Waals surface area contributed by atoms with Crippen LogP contribution in [0.5, 0.6) is 0 Å². The lowest BCUT2D eigenvalue weighted by atomic mass is 10.0. The minimum atomic E-state index is -0.536. The van der Waals surface area contributed by atoms with Crippen LogP contribution in [0.1, 0.15) is 27.2 Å². The molecular weight excluding hydrogens is 232 g/mol. The minimum Gasteiger partial charge on any atom is -0.444 e. The zero-order valence-corrected chi connectivity index (χ0v) is 10.8. The summed E-state index contributed by atoms with van der Waals surface area (Å²) in [6, 6.07) is -0.207. The van der Waals surface area contributed by atoms with Crippen LogP contribution < -0.4 is 10.6 Å². The van der Waals surface area contributed by atoms with Crippen LogP contribution in [0, 0.1) is 0 Å². The maximum Gasteiger partial charge on any atom is 0.407 e. The topological polar surface area (TPSA) is 70.6 Å². The second-order valence-corrected chi connectivity index (χ2v) is 4.81. The monoisotopic (exact) mass is 252 g/mol. The molecule has 3 N–H and O–H groups in total. The Morgan fingerprint density at radius 1 is 1.50 bits per heavy atom. The van der Waals surface area contributed by atoms with E-state index in [-0.39, 0.29) is 18.4 Å². The molecule has 5 nitrogen and oxygen atoms in total. The van der Waals surface area contributed by atoms with Crippen molar-refractivity contribution in [3.63, 3.8) is 0 Å². The molecule has 16 heavy (non-hydrogen) atoms. The molecule has 0 saturated carbocycles. The molecule has 2 atom stereocenters. The van der Waals surface area contributed by atoms with Gasteiger partial charge in [0.2, 0.25) is 0 Å². The van der Waals surface area contributed by atoms with Crippen LogP contribution in [-0.2, 0) is 4.74 Å². The van der Waals surface area contributed by atoms with E-state index < -0.39 is 17.8 Å². The Morgan fingerprint density at radius 3 is 2.62 bits per heavy atom. The number of rotatable bonds is 1. The van der Waals surface area contributed by atoms with E-state index in [4.69, 9.17) is 4.74 Å². The molecule has 96 valence electrons. The SMILES string of the molecule is CC(C)(C)OC(=O)N[C@H]1CCNC[C@H]1O.Cl. The van der Waals surface area contributed by atoms with Crippen molar-refractivity contribution in [2.75, 3.05) is 13.1 Å². The zero-order chi connectivity index (χ0) is 11.5. The Bertz CT molecular complexity index is 231. The first-order valence-corrected chi connectivity index (χ1v) is 5.27. The van der Waals surface area contributed by atoms with Crippen molar-refractivity contribution in [2.45, 2.75) is 44.9 Å². The highest BCUT2D eigenvalue weighted by Crippen LogP contribution is 2.09. The number of alkyl carbamates (subject to hydrolysis) is 1. The van der Waals surface area contributed by atoms with Crippen LogP contribution in [0.15, 0.2) is 0 Å². The summed E-state index contributed by atoms with van der Waals surface area (Å²) in [5.41, 5.74) is -0.498. The molecule has 0 unspecified atom stereocenters. The lowest BCUT2D eigenvalue weighted by Gasteiger charge is -2.30. The smallest absolute Gasteiger partial charge is 0.407 e. The maximum atomic E-state index is 11.4. The number of piperidine rings is 1. The van der Waals surface area contributed by atoms with Crippen molar-refractivity contribution in [2.24, 2.45) is 0 Å². The fraction of sp³-hybridized carbons (Fsp3) is 0.900. The van der Waals surface area contributed by atoms with Gasteiger partial charge in [0.25, 0.3) is 0 Å². The van der Waals surface area contributed by atoms with Crippen LogP contribution in [0.4, 0.5) is 4.79 Å². The van der Waals surface area contributed by atoms with Crippen molar-refractivity contribution in [3.8, 4) is 0 Å². The van der Waals surface area contributed by atoms with Gasteiger partial charge in [-0.15, -0.1) is 12.4 Å². The van der Waals surface area contributed by atoms with Gasteiger partial charge in [0.05, 0.1) is 12.1 Å². The fourth-order valence-electron chi connectivity index (χ4n) is 1.47. The first-order valence-electron chi connectivity index (χ1n) is 5.27. The summed E-state index contributed by atoms with van der Waals surface area (Å²) in [5.74, 6) is 0. The molecule has 1 heterocycles. The van der Waals surface area contributed by atoms with Gasteiger partial charge >= 0.3 is 6.09 Å². The summed E-state index contributed by atoms with van der Waals surface area (Å²) in [4.78, 5) is 11.4. The van der Waals surface area contributed by atoms with E-state index in [9.17, 15) is 9.90 Å². The van der Waals surface area contributed by atoms with Crippen molar-refractivity contribution in [3.05, 3.63) is 0 Å². The Labute approximate surface area is 102 Å². The molecule has 1 aliphatic rings. The fourth-order valence-corrected chi connectivity index (χ4v) is 1.47. The summed E-state index contributed by atoms with van der Waals surface area (Å²) >= 11 is 0. The molecule has 0 aromatic heterocycles. The van der Waals surface area contributed by atoms with Crippen molar-refractivity contribution < 1.29 is 14.6 Å². The lowest BCUT2D eigenvalue weighted by Crippen LogP contribution is -2.53. The van der Waals surface area contributed by atoms with Gasteiger partial charge in [-0.05, 0) is 33.7 Å².